The Kier molecular flexibility index (Phi) is 7.15. The molecule has 2 aliphatic rings. The molecule has 0 spiro atoms. The number of nitrogens with one attached hydrogen (secondary N) is 1. The van der Waals surface area contributed by atoms with Crippen LogP contribution >= 0.6 is 0 Å². The summed E-state index contributed by atoms with van der Waals surface area (Å²) < 4.78 is 21.6. The third-order valence-corrected chi connectivity index (χ3v) is 6.65. The maximum absolute atomic E-state index is 13.7. The summed E-state index contributed by atoms with van der Waals surface area (Å²) >= 11 is 0. The quantitative estimate of drug-likeness (QED) is 0.582. The Morgan fingerprint density at radius 2 is 1.63 bits per heavy atom. The van der Waals surface area contributed by atoms with Crippen molar-refractivity contribution < 1.29 is 28.5 Å². The maximum Gasteiger partial charge on any atom is 0.336 e. The fourth-order valence-electron chi connectivity index (χ4n) is 5.00. The lowest BCUT2D eigenvalue weighted by Crippen LogP contribution is -2.36. The summed E-state index contributed by atoms with van der Waals surface area (Å²) in [7, 11) is 4.76. The third-order valence-electron chi connectivity index (χ3n) is 6.65. The molecule has 0 amide bonds. The van der Waals surface area contributed by atoms with Crippen molar-refractivity contribution in [1.29, 1.82) is 0 Å². The fraction of sp³-hybridized carbons (Fsp3) is 0.357. The molecule has 2 unspecified atom stereocenters. The molecule has 1 aliphatic heterocycles. The minimum atomic E-state index is -0.561. The van der Waals surface area contributed by atoms with Crippen LogP contribution < -0.4 is 19.5 Å². The number of esters is 1. The van der Waals surface area contributed by atoms with Crippen LogP contribution in [-0.2, 0) is 14.3 Å². The first-order valence-electron chi connectivity index (χ1n) is 11.7. The van der Waals surface area contributed by atoms with Crippen LogP contribution in [0.4, 0.5) is 0 Å². The molecular formula is C28H31NO6. The van der Waals surface area contributed by atoms with Gasteiger partial charge in [-0.05, 0) is 61.6 Å². The molecule has 184 valence electrons. The second kappa shape index (κ2) is 10.3. The van der Waals surface area contributed by atoms with Crippen molar-refractivity contribution in [3.8, 4) is 17.2 Å². The summed E-state index contributed by atoms with van der Waals surface area (Å²) in [6.45, 7) is 3.87. The van der Waals surface area contributed by atoms with E-state index < -0.39 is 11.9 Å². The third kappa shape index (κ3) is 4.63. The standard InChI is InChI=1S/C28H31NO6/c1-6-35-28(31)25-16(2)29-21-13-19(17-7-10-20(32-3)11-8-17)14-22(30)27(21)26(25)18-9-12-23(33-4)24(15-18)34-5/h7-12,15,19,26,29H,6,13-14H2,1-5H3. The van der Waals surface area contributed by atoms with Gasteiger partial charge in [-0.15, -0.1) is 0 Å². The summed E-state index contributed by atoms with van der Waals surface area (Å²) in [6, 6.07) is 13.3. The molecule has 7 heteroatoms. The van der Waals surface area contributed by atoms with E-state index in [0.717, 1.165) is 22.6 Å². The number of carbonyl (C=O) groups is 2. The summed E-state index contributed by atoms with van der Waals surface area (Å²) in [5, 5.41) is 3.37. The van der Waals surface area contributed by atoms with Crippen LogP contribution in [0, 0.1) is 0 Å². The molecule has 0 saturated carbocycles. The first kappa shape index (κ1) is 24.4. The number of rotatable bonds is 7. The fourth-order valence-corrected chi connectivity index (χ4v) is 5.00. The van der Waals surface area contributed by atoms with Crippen molar-refractivity contribution in [2.45, 2.75) is 38.5 Å². The van der Waals surface area contributed by atoms with Gasteiger partial charge in [0.1, 0.15) is 5.75 Å². The van der Waals surface area contributed by atoms with Crippen molar-refractivity contribution in [3.05, 3.63) is 76.1 Å². The summed E-state index contributed by atoms with van der Waals surface area (Å²) in [6.07, 6.45) is 1.01. The number of hydrogen-bond acceptors (Lipinski definition) is 7. The van der Waals surface area contributed by atoms with Gasteiger partial charge >= 0.3 is 5.97 Å². The highest BCUT2D eigenvalue weighted by Crippen LogP contribution is 2.47. The highest BCUT2D eigenvalue weighted by atomic mass is 16.5. The van der Waals surface area contributed by atoms with Crippen molar-refractivity contribution in [1.82, 2.24) is 5.32 Å². The molecule has 1 aliphatic carbocycles. The van der Waals surface area contributed by atoms with Crippen LogP contribution in [0.1, 0.15) is 49.7 Å². The van der Waals surface area contributed by atoms with Crippen LogP contribution in [0.2, 0.25) is 0 Å². The number of carbonyl (C=O) groups excluding carboxylic acids is 2. The molecule has 4 rings (SSSR count). The molecule has 0 fully saturated rings. The molecule has 1 N–H and O–H groups in total. The number of allylic oxidation sites excluding steroid dienone is 3. The lowest BCUT2D eigenvalue weighted by atomic mass is 9.71. The molecule has 35 heavy (non-hydrogen) atoms. The lowest BCUT2D eigenvalue weighted by Gasteiger charge is -2.36. The van der Waals surface area contributed by atoms with Crippen LogP contribution in [-0.4, -0.2) is 39.7 Å². The van der Waals surface area contributed by atoms with Crippen molar-refractivity contribution >= 4 is 11.8 Å². The Morgan fingerprint density at radius 1 is 0.943 bits per heavy atom. The molecule has 0 radical (unpaired) electrons. The van der Waals surface area contributed by atoms with Gasteiger partial charge in [-0.25, -0.2) is 4.79 Å². The number of ether oxygens (including phenoxy) is 4. The van der Waals surface area contributed by atoms with E-state index in [-0.39, 0.29) is 18.3 Å². The monoisotopic (exact) mass is 477 g/mol. The number of methoxy groups -OCH3 is 3. The molecule has 2 atom stereocenters. The van der Waals surface area contributed by atoms with E-state index in [9.17, 15) is 9.59 Å². The minimum Gasteiger partial charge on any atom is -0.497 e. The van der Waals surface area contributed by atoms with Gasteiger partial charge in [0.25, 0.3) is 0 Å². The van der Waals surface area contributed by atoms with E-state index >= 15 is 0 Å². The van der Waals surface area contributed by atoms with E-state index in [2.05, 4.69) is 5.32 Å². The smallest absolute Gasteiger partial charge is 0.336 e. The zero-order valence-corrected chi connectivity index (χ0v) is 20.8. The minimum absolute atomic E-state index is 0.00801. The van der Waals surface area contributed by atoms with Crippen LogP contribution in [0.3, 0.4) is 0 Å². The number of dihydropyridines is 1. The zero-order valence-electron chi connectivity index (χ0n) is 20.8. The van der Waals surface area contributed by atoms with Gasteiger partial charge in [-0.3, -0.25) is 4.79 Å². The van der Waals surface area contributed by atoms with Gasteiger partial charge < -0.3 is 24.3 Å². The number of Topliss-reactive ketones (excluding diaryl/α,β-unsaturated/α-hetero) is 1. The zero-order chi connectivity index (χ0) is 25.1. The van der Waals surface area contributed by atoms with Crippen molar-refractivity contribution in [3.63, 3.8) is 0 Å². The molecular weight excluding hydrogens is 446 g/mol. The Hall–Kier alpha value is -3.74. The largest absolute Gasteiger partial charge is 0.497 e. The van der Waals surface area contributed by atoms with E-state index in [1.165, 1.54) is 0 Å². The number of ketones is 1. The lowest BCUT2D eigenvalue weighted by molar-refractivity contribution is -0.138. The van der Waals surface area contributed by atoms with E-state index in [1.54, 1.807) is 34.3 Å². The van der Waals surface area contributed by atoms with Crippen molar-refractivity contribution in [2.75, 3.05) is 27.9 Å². The molecule has 1 heterocycles. The SMILES string of the molecule is CCOC(=O)C1=C(C)NC2=C(C(=O)CC(c3ccc(OC)cc3)C2)C1c1ccc(OC)c(OC)c1. The Bertz CT molecular complexity index is 1190. The van der Waals surface area contributed by atoms with Crippen LogP contribution in [0.15, 0.2) is 65.0 Å². The second-order valence-corrected chi connectivity index (χ2v) is 8.63. The molecule has 2 aromatic rings. The van der Waals surface area contributed by atoms with E-state index in [1.807, 2.05) is 43.3 Å². The molecule has 2 aromatic carbocycles. The predicted octanol–water partition coefficient (Wildman–Crippen LogP) is 4.64. The van der Waals surface area contributed by atoms with E-state index in [4.69, 9.17) is 18.9 Å². The van der Waals surface area contributed by atoms with Gasteiger partial charge in [0.2, 0.25) is 0 Å². The predicted molar refractivity (Wildman–Crippen MR) is 132 cm³/mol. The topological polar surface area (TPSA) is 83.1 Å². The average Bonchev–Trinajstić information content (AvgIpc) is 2.87. The number of hydrogen-bond donors (Lipinski definition) is 1. The summed E-state index contributed by atoms with van der Waals surface area (Å²) in [5.74, 6) is 0.927. The van der Waals surface area contributed by atoms with Gasteiger partial charge in [0.15, 0.2) is 17.3 Å². The average molecular weight is 478 g/mol. The maximum atomic E-state index is 13.7. The first-order chi connectivity index (χ1) is 16.9. The highest BCUT2D eigenvalue weighted by molar-refractivity contribution is 6.04. The van der Waals surface area contributed by atoms with Crippen molar-refractivity contribution in [2.24, 2.45) is 0 Å². The molecule has 0 aromatic heterocycles. The Morgan fingerprint density at radius 3 is 2.26 bits per heavy atom. The first-order valence-corrected chi connectivity index (χ1v) is 11.7. The van der Waals surface area contributed by atoms with Gasteiger partial charge in [-0.2, -0.15) is 0 Å². The van der Waals surface area contributed by atoms with Gasteiger partial charge in [-0.1, -0.05) is 18.2 Å². The normalized spacial score (nSPS) is 19.6. The summed E-state index contributed by atoms with van der Waals surface area (Å²) in [4.78, 5) is 26.8. The molecule has 7 nitrogen and oxygen atoms in total. The second-order valence-electron chi connectivity index (χ2n) is 8.63. The Labute approximate surface area is 205 Å². The Balaban J connectivity index is 1.80. The van der Waals surface area contributed by atoms with Gasteiger partial charge in [0.05, 0.1) is 33.5 Å². The number of benzene rings is 2. The van der Waals surface area contributed by atoms with Crippen LogP contribution in [0.25, 0.3) is 0 Å². The summed E-state index contributed by atoms with van der Waals surface area (Å²) in [5.41, 5.74) is 4.42. The van der Waals surface area contributed by atoms with Crippen LogP contribution in [0.5, 0.6) is 17.2 Å². The van der Waals surface area contributed by atoms with E-state index in [0.29, 0.717) is 41.2 Å². The highest BCUT2D eigenvalue weighted by Gasteiger charge is 2.41. The molecule has 0 bridgehead atoms. The van der Waals surface area contributed by atoms with Gasteiger partial charge in [0, 0.05) is 29.3 Å². The molecule has 0 saturated heterocycles.